The molecule has 0 bridgehead atoms. The van der Waals surface area contributed by atoms with Crippen LogP contribution in [0.1, 0.15) is 19.8 Å². The van der Waals surface area contributed by atoms with Gasteiger partial charge < -0.3 is 5.73 Å². The van der Waals surface area contributed by atoms with Gasteiger partial charge in [-0.1, -0.05) is 0 Å². The SMILES string of the molecule is C[C@H]1C[C@@H](N)CCS1(=O)=O. The third-order valence-corrected chi connectivity index (χ3v) is 4.24. The predicted octanol–water partition coefficient (Wildman–Crippen LogP) is -0.0892. The summed E-state index contributed by atoms with van der Waals surface area (Å²) < 4.78 is 22.1. The summed E-state index contributed by atoms with van der Waals surface area (Å²) in [6.45, 7) is 1.73. The van der Waals surface area contributed by atoms with Gasteiger partial charge in [0, 0.05) is 6.04 Å². The van der Waals surface area contributed by atoms with Gasteiger partial charge in [0.15, 0.2) is 9.84 Å². The van der Waals surface area contributed by atoms with E-state index in [0.29, 0.717) is 12.8 Å². The Hall–Kier alpha value is -0.0900. The summed E-state index contributed by atoms with van der Waals surface area (Å²) in [5.74, 6) is 0.273. The number of nitrogens with two attached hydrogens (primary N) is 1. The standard InChI is InChI=1S/C6H13NO2S/c1-5-4-6(7)2-3-10(5,8)9/h5-6H,2-4,7H2,1H3/t5-,6-/m0/s1. The molecule has 2 N–H and O–H groups in total. The van der Waals surface area contributed by atoms with Crippen molar-refractivity contribution >= 4 is 9.84 Å². The second-order valence-electron chi connectivity index (χ2n) is 2.96. The van der Waals surface area contributed by atoms with Gasteiger partial charge in [0.1, 0.15) is 0 Å². The average Bonchev–Trinajstić information content (AvgIpc) is 1.81. The Balaban J connectivity index is 2.70. The van der Waals surface area contributed by atoms with Crippen molar-refractivity contribution in [3.63, 3.8) is 0 Å². The first-order valence-corrected chi connectivity index (χ1v) is 5.21. The highest BCUT2D eigenvalue weighted by Gasteiger charge is 2.28. The zero-order chi connectivity index (χ0) is 7.78. The van der Waals surface area contributed by atoms with Gasteiger partial charge in [-0.25, -0.2) is 8.42 Å². The molecule has 10 heavy (non-hydrogen) atoms. The maximum absolute atomic E-state index is 11.1. The quantitative estimate of drug-likeness (QED) is 0.543. The first kappa shape index (κ1) is 8.01. The molecule has 3 nitrogen and oxygen atoms in total. The monoisotopic (exact) mass is 163 g/mol. The largest absolute Gasteiger partial charge is 0.328 e. The summed E-state index contributed by atoms with van der Waals surface area (Å²) in [7, 11) is -2.77. The van der Waals surface area contributed by atoms with Crippen LogP contribution in [0.5, 0.6) is 0 Å². The van der Waals surface area contributed by atoms with Gasteiger partial charge in [-0.05, 0) is 19.8 Å². The summed E-state index contributed by atoms with van der Waals surface area (Å²) in [6.07, 6.45) is 1.26. The highest BCUT2D eigenvalue weighted by Crippen LogP contribution is 2.17. The second-order valence-corrected chi connectivity index (χ2v) is 5.50. The minimum Gasteiger partial charge on any atom is -0.328 e. The molecular formula is C6H13NO2S. The van der Waals surface area contributed by atoms with Crippen molar-refractivity contribution in [1.82, 2.24) is 0 Å². The summed E-state index contributed by atoms with van der Waals surface area (Å²) in [6, 6.07) is 0.0959. The molecule has 60 valence electrons. The summed E-state index contributed by atoms with van der Waals surface area (Å²) >= 11 is 0. The number of hydrogen-bond donors (Lipinski definition) is 1. The Morgan fingerprint density at radius 2 is 2.10 bits per heavy atom. The Morgan fingerprint density at radius 3 is 2.50 bits per heavy atom. The maximum atomic E-state index is 11.1. The fourth-order valence-corrected chi connectivity index (χ4v) is 2.78. The Labute approximate surface area is 61.5 Å². The molecule has 0 aromatic carbocycles. The predicted molar refractivity (Wildman–Crippen MR) is 40.5 cm³/mol. The van der Waals surface area contributed by atoms with E-state index in [-0.39, 0.29) is 17.0 Å². The van der Waals surface area contributed by atoms with E-state index in [9.17, 15) is 8.42 Å². The van der Waals surface area contributed by atoms with Crippen molar-refractivity contribution in [2.45, 2.75) is 31.1 Å². The molecule has 0 aromatic rings. The zero-order valence-electron chi connectivity index (χ0n) is 6.08. The molecule has 0 aliphatic carbocycles. The van der Waals surface area contributed by atoms with Gasteiger partial charge in [0.2, 0.25) is 0 Å². The molecule has 1 heterocycles. The maximum Gasteiger partial charge on any atom is 0.153 e. The van der Waals surface area contributed by atoms with Crippen LogP contribution in [0.3, 0.4) is 0 Å². The number of hydrogen-bond acceptors (Lipinski definition) is 3. The van der Waals surface area contributed by atoms with Crippen LogP contribution in [0.4, 0.5) is 0 Å². The summed E-state index contributed by atoms with van der Waals surface area (Å²) in [5, 5.41) is -0.226. The van der Waals surface area contributed by atoms with Gasteiger partial charge >= 0.3 is 0 Å². The van der Waals surface area contributed by atoms with Crippen molar-refractivity contribution in [2.24, 2.45) is 5.73 Å². The number of rotatable bonds is 0. The van der Waals surface area contributed by atoms with E-state index < -0.39 is 9.84 Å². The summed E-state index contributed by atoms with van der Waals surface area (Å²) in [4.78, 5) is 0. The van der Waals surface area contributed by atoms with Gasteiger partial charge in [-0.15, -0.1) is 0 Å². The first-order chi connectivity index (χ1) is 4.52. The Morgan fingerprint density at radius 1 is 1.50 bits per heavy atom. The lowest BCUT2D eigenvalue weighted by atomic mass is 10.1. The van der Waals surface area contributed by atoms with Crippen molar-refractivity contribution in [3.05, 3.63) is 0 Å². The van der Waals surface area contributed by atoms with Crippen molar-refractivity contribution in [3.8, 4) is 0 Å². The lowest BCUT2D eigenvalue weighted by molar-refractivity contribution is 0.513. The van der Waals surface area contributed by atoms with E-state index in [0.717, 1.165) is 0 Å². The van der Waals surface area contributed by atoms with E-state index in [2.05, 4.69) is 0 Å². The molecule has 1 aliphatic rings. The van der Waals surface area contributed by atoms with Crippen LogP contribution in [-0.4, -0.2) is 25.5 Å². The second kappa shape index (κ2) is 2.51. The highest BCUT2D eigenvalue weighted by molar-refractivity contribution is 7.92. The molecule has 0 saturated carbocycles. The van der Waals surface area contributed by atoms with E-state index in [1.807, 2.05) is 0 Å². The first-order valence-electron chi connectivity index (χ1n) is 3.49. The fourth-order valence-electron chi connectivity index (χ4n) is 1.21. The van der Waals surface area contributed by atoms with Crippen LogP contribution in [0.15, 0.2) is 0 Å². The van der Waals surface area contributed by atoms with Gasteiger partial charge in [0.05, 0.1) is 11.0 Å². The Bertz CT molecular complexity index is 210. The van der Waals surface area contributed by atoms with Gasteiger partial charge in [0.25, 0.3) is 0 Å². The van der Waals surface area contributed by atoms with Gasteiger partial charge in [-0.3, -0.25) is 0 Å². The van der Waals surface area contributed by atoms with Crippen LogP contribution < -0.4 is 5.73 Å². The van der Waals surface area contributed by atoms with Crippen molar-refractivity contribution in [2.75, 3.05) is 5.75 Å². The van der Waals surface area contributed by atoms with Crippen LogP contribution in [0, 0.1) is 0 Å². The van der Waals surface area contributed by atoms with E-state index >= 15 is 0 Å². The Kier molecular flexibility index (Phi) is 2.01. The molecular weight excluding hydrogens is 150 g/mol. The molecule has 4 heteroatoms. The molecule has 1 rings (SSSR count). The topological polar surface area (TPSA) is 60.2 Å². The van der Waals surface area contributed by atoms with Gasteiger partial charge in [-0.2, -0.15) is 0 Å². The fraction of sp³-hybridized carbons (Fsp3) is 1.00. The van der Waals surface area contributed by atoms with E-state index in [4.69, 9.17) is 5.73 Å². The van der Waals surface area contributed by atoms with Crippen molar-refractivity contribution < 1.29 is 8.42 Å². The normalized spacial score (nSPS) is 39.4. The van der Waals surface area contributed by atoms with Crippen molar-refractivity contribution in [1.29, 1.82) is 0 Å². The molecule has 0 radical (unpaired) electrons. The lowest BCUT2D eigenvalue weighted by Gasteiger charge is -2.23. The van der Waals surface area contributed by atoms with Crippen LogP contribution in [0.25, 0.3) is 0 Å². The zero-order valence-corrected chi connectivity index (χ0v) is 6.89. The van der Waals surface area contributed by atoms with Crippen LogP contribution in [0.2, 0.25) is 0 Å². The summed E-state index contributed by atoms with van der Waals surface area (Å²) in [5.41, 5.74) is 5.58. The molecule has 0 aromatic heterocycles. The third kappa shape index (κ3) is 1.49. The molecule has 1 saturated heterocycles. The minimum absolute atomic E-state index is 0.0959. The lowest BCUT2D eigenvalue weighted by Crippen LogP contribution is -2.38. The van der Waals surface area contributed by atoms with E-state index in [1.165, 1.54) is 0 Å². The smallest absolute Gasteiger partial charge is 0.153 e. The minimum atomic E-state index is -2.77. The molecule has 1 fully saturated rings. The molecule has 0 unspecified atom stereocenters. The third-order valence-electron chi connectivity index (χ3n) is 2.02. The molecule has 0 amide bonds. The molecule has 2 atom stereocenters. The van der Waals surface area contributed by atoms with Crippen LogP contribution >= 0.6 is 0 Å². The van der Waals surface area contributed by atoms with E-state index in [1.54, 1.807) is 6.92 Å². The molecule has 0 spiro atoms. The van der Waals surface area contributed by atoms with Crippen LogP contribution in [-0.2, 0) is 9.84 Å². The number of sulfone groups is 1. The highest BCUT2D eigenvalue weighted by atomic mass is 32.2. The average molecular weight is 163 g/mol. The molecule has 1 aliphatic heterocycles.